The van der Waals surface area contributed by atoms with Crippen LogP contribution in [0.3, 0.4) is 0 Å². The van der Waals surface area contributed by atoms with Crippen molar-refractivity contribution in [2.24, 2.45) is 0 Å². The molecule has 0 aliphatic carbocycles. The monoisotopic (exact) mass is 212 g/mol. The second-order valence-electron chi connectivity index (χ2n) is 3.70. The maximum absolute atomic E-state index is 12.7. The first-order chi connectivity index (χ1) is 7.20. The molecular weight excluding hydrogens is 199 g/mol. The fourth-order valence-corrected chi connectivity index (χ4v) is 1.79. The number of ether oxygens (including phenoxy) is 1. The van der Waals surface area contributed by atoms with Crippen LogP contribution in [0.25, 0.3) is 0 Å². The molecule has 2 N–H and O–H groups in total. The van der Waals surface area contributed by atoms with Crippen LogP contribution in [0, 0.1) is 5.82 Å². The SMILES string of the molecule is OC[C@H]1O[C@@H](c2ccc(F)cc2)C[C@@H]1O. The van der Waals surface area contributed by atoms with Crippen molar-refractivity contribution in [2.75, 3.05) is 6.61 Å². The van der Waals surface area contributed by atoms with Gasteiger partial charge in [-0.2, -0.15) is 0 Å². The van der Waals surface area contributed by atoms with Crippen LogP contribution >= 0.6 is 0 Å². The molecule has 0 radical (unpaired) electrons. The van der Waals surface area contributed by atoms with E-state index in [1.807, 2.05) is 0 Å². The van der Waals surface area contributed by atoms with E-state index in [1.54, 1.807) is 12.1 Å². The van der Waals surface area contributed by atoms with Gasteiger partial charge in [-0.05, 0) is 17.7 Å². The lowest BCUT2D eigenvalue weighted by molar-refractivity contribution is -0.0225. The molecule has 0 saturated carbocycles. The van der Waals surface area contributed by atoms with E-state index < -0.39 is 12.2 Å². The average molecular weight is 212 g/mol. The molecule has 0 amide bonds. The van der Waals surface area contributed by atoms with Gasteiger partial charge in [0.1, 0.15) is 11.9 Å². The van der Waals surface area contributed by atoms with Gasteiger partial charge in [-0.3, -0.25) is 0 Å². The van der Waals surface area contributed by atoms with E-state index in [-0.39, 0.29) is 18.5 Å². The smallest absolute Gasteiger partial charge is 0.123 e. The summed E-state index contributed by atoms with van der Waals surface area (Å²) in [5, 5.41) is 18.4. The fraction of sp³-hybridized carbons (Fsp3) is 0.455. The molecule has 82 valence electrons. The maximum Gasteiger partial charge on any atom is 0.123 e. The van der Waals surface area contributed by atoms with Crippen molar-refractivity contribution in [3.8, 4) is 0 Å². The van der Waals surface area contributed by atoms with Gasteiger partial charge in [0.05, 0.1) is 18.8 Å². The van der Waals surface area contributed by atoms with Gasteiger partial charge in [-0.25, -0.2) is 4.39 Å². The van der Waals surface area contributed by atoms with Crippen molar-refractivity contribution in [2.45, 2.75) is 24.7 Å². The van der Waals surface area contributed by atoms with E-state index in [0.717, 1.165) is 5.56 Å². The molecule has 1 saturated heterocycles. The molecule has 2 rings (SSSR count). The zero-order chi connectivity index (χ0) is 10.8. The van der Waals surface area contributed by atoms with Gasteiger partial charge in [0.2, 0.25) is 0 Å². The van der Waals surface area contributed by atoms with Gasteiger partial charge >= 0.3 is 0 Å². The van der Waals surface area contributed by atoms with Crippen molar-refractivity contribution in [3.05, 3.63) is 35.6 Å². The van der Waals surface area contributed by atoms with Crippen LogP contribution in [0.15, 0.2) is 24.3 Å². The lowest BCUT2D eigenvalue weighted by Gasteiger charge is -2.12. The van der Waals surface area contributed by atoms with Gasteiger partial charge in [0, 0.05) is 6.42 Å². The normalized spacial score (nSPS) is 30.7. The van der Waals surface area contributed by atoms with Gasteiger partial charge in [0.15, 0.2) is 0 Å². The van der Waals surface area contributed by atoms with Crippen molar-refractivity contribution in [3.63, 3.8) is 0 Å². The van der Waals surface area contributed by atoms with Gasteiger partial charge in [-0.15, -0.1) is 0 Å². The maximum atomic E-state index is 12.7. The molecule has 1 fully saturated rings. The average Bonchev–Trinajstić information content (AvgIpc) is 2.61. The topological polar surface area (TPSA) is 49.7 Å². The van der Waals surface area contributed by atoms with Crippen molar-refractivity contribution in [1.29, 1.82) is 0 Å². The van der Waals surface area contributed by atoms with E-state index in [1.165, 1.54) is 12.1 Å². The lowest BCUT2D eigenvalue weighted by Crippen LogP contribution is -2.24. The Hall–Kier alpha value is -0.970. The molecule has 1 aromatic carbocycles. The van der Waals surface area contributed by atoms with Gasteiger partial charge < -0.3 is 14.9 Å². The number of halogens is 1. The Kier molecular flexibility index (Phi) is 3.00. The second-order valence-corrected chi connectivity index (χ2v) is 3.70. The molecular formula is C11H13FO3. The summed E-state index contributed by atoms with van der Waals surface area (Å²) in [5.74, 6) is -0.295. The molecule has 3 nitrogen and oxygen atoms in total. The summed E-state index contributed by atoms with van der Waals surface area (Å²) in [4.78, 5) is 0. The summed E-state index contributed by atoms with van der Waals surface area (Å²) >= 11 is 0. The van der Waals surface area contributed by atoms with E-state index in [2.05, 4.69) is 0 Å². The summed E-state index contributed by atoms with van der Waals surface area (Å²) in [7, 11) is 0. The standard InChI is InChI=1S/C11H13FO3/c12-8-3-1-7(2-4-8)10-5-9(14)11(6-13)15-10/h1-4,9-11,13-14H,5-6H2/t9-,10+,11+/m0/s1. The highest BCUT2D eigenvalue weighted by atomic mass is 19.1. The summed E-state index contributed by atoms with van der Waals surface area (Å²) in [6.45, 7) is -0.196. The quantitative estimate of drug-likeness (QED) is 0.769. The fourth-order valence-electron chi connectivity index (χ4n) is 1.79. The van der Waals surface area contributed by atoms with Crippen molar-refractivity contribution in [1.82, 2.24) is 0 Å². The molecule has 0 aromatic heterocycles. The van der Waals surface area contributed by atoms with Crippen molar-refractivity contribution < 1.29 is 19.3 Å². The third-order valence-corrected chi connectivity index (χ3v) is 2.65. The molecule has 15 heavy (non-hydrogen) atoms. The third kappa shape index (κ3) is 2.17. The second kappa shape index (κ2) is 4.26. The van der Waals surface area contributed by atoms with Crippen LogP contribution in [-0.4, -0.2) is 29.0 Å². The van der Waals surface area contributed by atoms with Crippen molar-refractivity contribution >= 4 is 0 Å². The lowest BCUT2D eigenvalue weighted by atomic mass is 10.0. The number of aliphatic hydroxyl groups is 2. The molecule has 0 spiro atoms. The molecule has 3 atom stereocenters. The Morgan fingerprint density at radius 2 is 2.00 bits per heavy atom. The van der Waals surface area contributed by atoms with E-state index >= 15 is 0 Å². The Balaban J connectivity index is 2.10. The zero-order valence-corrected chi connectivity index (χ0v) is 8.14. The van der Waals surface area contributed by atoms with Crippen LogP contribution < -0.4 is 0 Å². The summed E-state index contributed by atoms with van der Waals surface area (Å²) in [5.41, 5.74) is 0.825. The van der Waals surface area contributed by atoms with Gasteiger partial charge in [0.25, 0.3) is 0 Å². The van der Waals surface area contributed by atoms with Crippen LogP contribution in [0.5, 0.6) is 0 Å². The molecule has 0 bridgehead atoms. The Labute approximate surface area is 87.1 Å². The highest BCUT2D eigenvalue weighted by Crippen LogP contribution is 2.32. The van der Waals surface area contributed by atoms with E-state index in [0.29, 0.717) is 6.42 Å². The van der Waals surface area contributed by atoms with Crippen LogP contribution in [-0.2, 0) is 4.74 Å². The predicted octanol–water partition coefficient (Wildman–Crippen LogP) is 1.01. The van der Waals surface area contributed by atoms with E-state index in [9.17, 15) is 9.50 Å². The highest BCUT2D eigenvalue weighted by Gasteiger charge is 2.33. The largest absolute Gasteiger partial charge is 0.394 e. The third-order valence-electron chi connectivity index (χ3n) is 2.65. The minimum Gasteiger partial charge on any atom is -0.394 e. The minimum atomic E-state index is -0.648. The molecule has 1 heterocycles. The summed E-state index contributed by atoms with van der Waals surface area (Å²) < 4.78 is 18.1. The Morgan fingerprint density at radius 1 is 1.33 bits per heavy atom. The molecule has 1 aliphatic rings. The Bertz CT molecular complexity index is 325. The van der Waals surface area contributed by atoms with E-state index in [4.69, 9.17) is 9.84 Å². The molecule has 1 aromatic rings. The molecule has 1 aliphatic heterocycles. The summed E-state index contributed by atoms with van der Waals surface area (Å²) in [6, 6.07) is 5.98. The number of aliphatic hydroxyl groups excluding tert-OH is 2. The Morgan fingerprint density at radius 3 is 2.53 bits per heavy atom. The van der Waals surface area contributed by atoms with Gasteiger partial charge in [-0.1, -0.05) is 12.1 Å². The zero-order valence-electron chi connectivity index (χ0n) is 8.14. The minimum absolute atomic E-state index is 0.196. The molecule has 0 unspecified atom stereocenters. The highest BCUT2D eigenvalue weighted by molar-refractivity contribution is 5.20. The van der Waals surface area contributed by atoms with Crippen LogP contribution in [0.1, 0.15) is 18.1 Å². The summed E-state index contributed by atoms with van der Waals surface area (Å²) in [6.07, 6.45) is -0.987. The first-order valence-corrected chi connectivity index (χ1v) is 4.90. The number of rotatable bonds is 2. The number of benzene rings is 1. The number of hydrogen-bond acceptors (Lipinski definition) is 3. The first-order valence-electron chi connectivity index (χ1n) is 4.90. The first kappa shape index (κ1) is 10.5. The van der Waals surface area contributed by atoms with Crippen LogP contribution in [0.2, 0.25) is 0 Å². The molecule has 4 heteroatoms. The van der Waals surface area contributed by atoms with Crippen LogP contribution in [0.4, 0.5) is 4.39 Å². The number of hydrogen-bond donors (Lipinski definition) is 2. The predicted molar refractivity (Wildman–Crippen MR) is 51.7 cm³/mol.